The summed E-state index contributed by atoms with van der Waals surface area (Å²) in [6.45, 7) is 3.47. The number of ether oxygens (including phenoxy) is 1. The molecule has 0 aromatic heterocycles. The highest BCUT2D eigenvalue weighted by Gasteiger charge is 2.19. The van der Waals surface area contributed by atoms with Crippen LogP contribution in [-0.2, 0) is 20.7 Å². The highest BCUT2D eigenvalue weighted by molar-refractivity contribution is 9.09. The Morgan fingerprint density at radius 3 is 2.68 bits per heavy atom. The third-order valence-electron chi connectivity index (χ3n) is 2.56. The number of benzene rings is 1. The highest BCUT2D eigenvalue weighted by atomic mass is 79.9. The summed E-state index contributed by atoms with van der Waals surface area (Å²) in [5.74, 6) is -0.477. The molecule has 0 amide bonds. The monoisotopic (exact) mass is 323 g/mol. The average Bonchev–Trinajstić information content (AvgIpc) is 2.37. The molecule has 1 atom stereocenters. The zero-order chi connectivity index (χ0) is 14.4. The van der Waals surface area contributed by atoms with Crippen LogP contribution in [0.5, 0.6) is 0 Å². The van der Waals surface area contributed by atoms with Crippen LogP contribution in [0.2, 0.25) is 0 Å². The molecule has 19 heavy (non-hydrogen) atoms. The molecule has 0 spiro atoms. The largest absolute Gasteiger partial charge is 0.466 e. The van der Waals surface area contributed by atoms with E-state index < -0.39 is 4.83 Å². The third kappa shape index (κ3) is 3.90. The Bertz CT molecular complexity index is 534. The Morgan fingerprint density at radius 2 is 2.16 bits per heavy atom. The van der Waals surface area contributed by atoms with Crippen molar-refractivity contribution in [2.45, 2.75) is 25.1 Å². The predicted molar refractivity (Wildman–Crippen MR) is 73.8 cm³/mol. The van der Waals surface area contributed by atoms with Gasteiger partial charge >= 0.3 is 5.97 Å². The van der Waals surface area contributed by atoms with Gasteiger partial charge in [0.2, 0.25) is 0 Å². The summed E-state index contributed by atoms with van der Waals surface area (Å²) in [6, 6.07) is 7.18. The maximum atomic E-state index is 11.5. The van der Waals surface area contributed by atoms with Crippen LogP contribution in [-0.4, -0.2) is 18.4 Å². The lowest BCUT2D eigenvalue weighted by Gasteiger charge is -2.12. The van der Waals surface area contributed by atoms with Crippen molar-refractivity contribution in [3.8, 4) is 6.07 Å². The van der Waals surface area contributed by atoms with Gasteiger partial charge in [0.1, 0.15) is 5.78 Å². The molecule has 4 nitrogen and oxygen atoms in total. The van der Waals surface area contributed by atoms with Crippen LogP contribution in [0.4, 0.5) is 0 Å². The van der Waals surface area contributed by atoms with E-state index in [1.54, 1.807) is 25.1 Å². The van der Waals surface area contributed by atoms with Gasteiger partial charge in [-0.1, -0.05) is 34.1 Å². The number of esters is 1. The van der Waals surface area contributed by atoms with Crippen LogP contribution in [0, 0.1) is 11.3 Å². The Hall–Kier alpha value is -1.67. The number of hydrogen-bond acceptors (Lipinski definition) is 4. The molecule has 0 N–H and O–H groups in total. The number of carbonyl (C=O) groups is 2. The van der Waals surface area contributed by atoms with E-state index in [2.05, 4.69) is 22.0 Å². The van der Waals surface area contributed by atoms with E-state index in [0.29, 0.717) is 23.3 Å². The molecule has 0 radical (unpaired) electrons. The van der Waals surface area contributed by atoms with Crippen molar-refractivity contribution in [2.75, 3.05) is 6.61 Å². The van der Waals surface area contributed by atoms with E-state index in [1.165, 1.54) is 6.92 Å². The molecular weight excluding hydrogens is 310 g/mol. The molecule has 0 heterocycles. The van der Waals surface area contributed by atoms with Gasteiger partial charge in [0.25, 0.3) is 0 Å². The van der Waals surface area contributed by atoms with Gasteiger partial charge in [-0.05, 0) is 25.0 Å². The van der Waals surface area contributed by atoms with Crippen LogP contribution in [0.25, 0.3) is 0 Å². The Labute approximate surface area is 120 Å². The second kappa shape index (κ2) is 7.05. The summed E-state index contributed by atoms with van der Waals surface area (Å²) >= 11 is 3.26. The molecule has 1 aromatic rings. The number of nitrogens with zero attached hydrogens (tertiary/aromatic N) is 1. The van der Waals surface area contributed by atoms with Crippen molar-refractivity contribution in [1.29, 1.82) is 5.26 Å². The Balaban J connectivity index is 3.14. The molecule has 1 aromatic carbocycles. The third-order valence-corrected chi connectivity index (χ3v) is 3.70. The van der Waals surface area contributed by atoms with E-state index >= 15 is 0 Å². The number of hydrogen-bond donors (Lipinski definition) is 0. The normalized spacial score (nSPS) is 11.5. The standard InChI is InChI=1S/C14H14BrNO3/c1-3-19-13(18)7-10-5-4-6-11(12(10)8-16)14(15)9(2)17/h4-6,14H,3,7H2,1-2H3. The Kier molecular flexibility index (Phi) is 5.71. The van der Waals surface area contributed by atoms with Crippen LogP contribution >= 0.6 is 15.9 Å². The molecule has 100 valence electrons. The number of alkyl halides is 1. The van der Waals surface area contributed by atoms with Crippen molar-refractivity contribution >= 4 is 27.7 Å². The van der Waals surface area contributed by atoms with Crippen molar-refractivity contribution in [2.24, 2.45) is 0 Å². The maximum Gasteiger partial charge on any atom is 0.310 e. The second-order valence-electron chi connectivity index (χ2n) is 3.95. The summed E-state index contributed by atoms with van der Waals surface area (Å²) in [5.41, 5.74) is 1.51. The van der Waals surface area contributed by atoms with E-state index in [4.69, 9.17) is 4.74 Å². The number of carbonyl (C=O) groups excluding carboxylic acids is 2. The first kappa shape index (κ1) is 15.4. The molecule has 1 rings (SSSR count). The van der Waals surface area contributed by atoms with E-state index in [0.717, 1.165) is 0 Å². The van der Waals surface area contributed by atoms with Gasteiger partial charge in [0.15, 0.2) is 0 Å². The van der Waals surface area contributed by atoms with Gasteiger partial charge < -0.3 is 4.74 Å². The zero-order valence-corrected chi connectivity index (χ0v) is 12.4. The van der Waals surface area contributed by atoms with Crippen LogP contribution in [0.1, 0.15) is 35.4 Å². The summed E-state index contributed by atoms with van der Waals surface area (Å²) in [7, 11) is 0. The number of Topliss-reactive ketones (excluding diaryl/α,β-unsaturated/α-hetero) is 1. The molecule has 0 aliphatic heterocycles. The van der Waals surface area contributed by atoms with Crippen molar-refractivity contribution in [3.05, 3.63) is 34.9 Å². The quantitative estimate of drug-likeness (QED) is 0.617. The number of nitriles is 1. The summed E-state index contributed by atoms with van der Waals surface area (Å²) in [6.07, 6.45) is 0.0300. The number of halogens is 1. The fourth-order valence-electron chi connectivity index (χ4n) is 1.70. The predicted octanol–water partition coefficient (Wildman–Crippen LogP) is 2.69. The van der Waals surface area contributed by atoms with Crippen LogP contribution in [0.15, 0.2) is 18.2 Å². The van der Waals surface area contributed by atoms with Gasteiger partial charge in [-0.2, -0.15) is 5.26 Å². The molecular formula is C14H14BrNO3. The van der Waals surface area contributed by atoms with Gasteiger partial charge in [-0.3, -0.25) is 9.59 Å². The minimum atomic E-state index is -0.538. The minimum absolute atomic E-state index is 0.0300. The molecule has 0 bridgehead atoms. The maximum absolute atomic E-state index is 11.5. The van der Waals surface area contributed by atoms with Gasteiger partial charge in [-0.15, -0.1) is 0 Å². The van der Waals surface area contributed by atoms with Gasteiger partial charge in [-0.25, -0.2) is 0 Å². The van der Waals surface area contributed by atoms with Gasteiger partial charge in [0.05, 0.1) is 29.5 Å². The molecule has 0 saturated carbocycles. The van der Waals surface area contributed by atoms with Crippen molar-refractivity contribution in [3.63, 3.8) is 0 Å². The first-order valence-electron chi connectivity index (χ1n) is 5.83. The average molecular weight is 324 g/mol. The van der Waals surface area contributed by atoms with E-state index in [-0.39, 0.29) is 18.2 Å². The second-order valence-corrected chi connectivity index (χ2v) is 4.86. The zero-order valence-electron chi connectivity index (χ0n) is 10.8. The molecule has 5 heteroatoms. The Morgan fingerprint density at radius 1 is 1.47 bits per heavy atom. The lowest BCUT2D eigenvalue weighted by Crippen LogP contribution is -2.11. The fourth-order valence-corrected chi connectivity index (χ4v) is 2.08. The lowest BCUT2D eigenvalue weighted by atomic mass is 9.96. The van der Waals surface area contributed by atoms with E-state index in [1.807, 2.05) is 0 Å². The molecule has 0 fully saturated rings. The molecule has 0 aliphatic rings. The molecule has 1 unspecified atom stereocenters. The topological polar surface area (TPSA) is 67.2 Å². The highest BCUT2D eigenvalue weighted by Crippen LogP contribution is 2.28. The smallest absolute Gasteiger partial charge is 0.310 e. The number of rotatable bonds is 5. The van der Waals surface area contributed by atoms with Crippen molar-refractivity contribution < 1.29 is 14.3 Å². The first-order chi connectivity index (χ1) is 9.01. The van der Waals surface area contributed by atoms with Crippen LogP contribution < -0.4 is 0 Å². The minimum Gasteiger partial charge on any atom is -0.466 e. The summed E-state index contributed by atoms with van der Waals surface area (Å²) in [5, 5.41) is 9.24. The molecule has 0 aliphatic carbocycles. The van der Waals surface area contributed by atoms with Crippen molar-refractivity contribution in [1.82, 2.24) is 0 Å². The SMILES string of the molecule is CCOC(=O)Cc1cccc(C(Br)C(C)=O)c1C#N. The number of ketones is 1. The first-order valence-corrected chi connectivity index (χ1v) is 6.74. The molecule has 0 saturated heterocycles. The summed E-state index contributed by atoms with van der Waals surface area (Å²) < 4.78 is 4.87. The lowest BCUT2D eigenvalue weighted by molar-refractivity contribution is -0.142. The van der Waals surface area contributed by atoms with Gasteiger partial charge in [0, 0.05) is 0 Å². The van der Waals surface area contributed by atoms with E-state index in [9.17, 15) is 14.9 Å². The van der Waals surface area contributed by atoms with Crippen LogP contribution in [0.3, 0.4) is 0 Å². The summed E-state index contributed by atoms with van der Waals surface area (Å²) in [4.78, 5) is 22.3. The fraction of sp³-hybridized carbons (Fsp3) is 0.357.